The van der Waals surface area contributed by atoms with Crippen LogP contribution < -0.4 is 10.2 Å². The van der Waals surface area contributed by atoms with Crippen molar-refractivity contribution < 1.29 is 22.4 Å². The summed E-state index contributed by atoms with van der Waals surface area (Å²) in [6.07, 6.45) is -3.55. The third-order valence-corrected chi connectivity index (χ3v) is 3.22. The maximum Gasteiger partial charge on any atom is 0.383 e. The standard InChI is InChI=1S/C13H14F4N2O/c14-11(15)13(16,17)12(20)18-9-6-7-19(8-9)10-4-2-1-3-5-10/h1-5,9,11H,6-8H2,(H,18,20)/t9-/m1/s1. The van der Waals surface area contributed by atoms with Gasteiger partial charge in [0.05, 0.1) is 0 Å². The van der Waals surface area contributed by atoms with Gasteiger partial charge in [0.25, 0.3) is 5.91 Å². The molecule has 110 valence electrons. The third kappa shape index (κ3) is 3.02. The SMILES string of the molecule is O=C(N[C@@H]1CCN(c2ccccc2)C1)C(F)(F)C(F)F. The topological polar surface area (TPSA) is 32.3 Å². The summed E-state index contributed by atoms with van der Waals surface area (Å²) in [5.41, 5.74) is 0.907. The van der Waals surface area contributed by atoms with E-state index in [4.69, 9.17) is 0 Å². The molecule has 0 saturated carbocycles. The molecule has 0 aromatic heterocycles. The van der Waals surface area contributed by atoms with Gasteiger partial charge in [-0.3, -0.25) is 4.79 Å². The largest absolute Gasteiger partial charge is 0.383 e. The van der Waals surface area contributed by atoms with Crippen LogP contribution in [0.15, 0.2) is 30.3 Å². The van der Waals surface area contributed by atoms with E-state index in [1.54, 1.807) is 0 Å². The molecule has 1 fully saturated rings. The van der Waals surface area contributed by atoms with Crippen molar-refractivity contribution in [3.63, 3.8) is 0 Å². The Morgan fingerprint density at radius 2 is 1.95 bits per heavy atom. The van der Waals surface area contributed by atoms with Crippen molar-refractivity contribution in [2.75, 3.05) is 18.0 Å². The molecule has 20 heavy (non-hydrogen) atoms. The molecule has 7 heteroatoms. The first-order valence-electron chi connectivity index (χ1n) is 6.18. The van der Waals surface area contributed by atoms with E-state index in [1.165, 1.54) is 0 Å². The molecule has 0 unspecified atom stereocenters. The highest BCUT2D eigenvalue weighted by Crippen LogP contribution is 2.24. The van der Waals surface area contributed by atoms with E-state index < -0.39 is 24.3 Å². The predicted octanol–water partition coefficient (Wildman–Crippen LogP) is 2.28. The normalized spacial score (nSPS) is 19.4. The van der Waals surface area contributed by atoms with Gasteiger partial charge in [0.15, 0.2) is 0 Å². The van der Waals surface area contributed by atoms with Crippen molar-refractivity contribution in [2.24, 2.45) is 0 Å². The Morgan fingerprint density at radius 1 is 1.30 bits per heavy atom. The molecule has 1 N–H and O–H groups in total. The van der Waals surface area contributed by atoms with Gasteiger partial charge < -0.3 is 10.2 Å². The van der Waals surface area contributed by atoms with Crippen molar-refractivity contribution in [3.05, 3.63) is 30.3 Å². The van der Waals surface area contributed by atoms with Crippen LogP contribution in [-0.4, -0.2) is 37.4 Å². The fourth-order valence-electron chi connectivity index (χ4n) is 2.13. The summed E-state index contributed by atoms with van der Waals surface area (Å²) in [6, 6.07) is 8.70. The van der Waals surface area contributed by atoms with Gasteiger partial charge in [-0.05, 0) is 18.6 Å². The number of carbonyl (C=O) groups excluding carboxylic acids is 1. The van der Waals surface area contributed by atoms with Crippen LogP contribution >= 0.6 is 0 Å². The van der Waals surface area contributed by atoms with Crippen LogP contribution in [0.3, 0.4) is 0 Å². The van der Waals surface area contributed by atoms with Gasteiger partial charge in [-0.2, -0.15) is 8.78 Å². The van der Waals surface area contributed by atoms with Gasteiger partial charge in [-0.1, -0.05) is 18.2 Å². The number of hydrogen-bond donors (Lipinski definition) is 1. The van der Waals surface area contributed by atoms with Crippen LogP contribution in [-0.2, 0) is 4.79 Å². The smallest absolute Gasteiger partial charge is 0.369 e. The number of halogens is 4. The number of amides is 1. The van der Waals surface area contributed by atoms with E-state index >= 15 is 0 Å². The molecular formula is C13H14F4N2O. The van der Waals surface area contributed by atoms with Gasteiger partial charge in [0.1, 0.15) is 0 Å². The number of anilines is 1. The number of hydrogen-bond acceptors (Lipinski definition) is 2. The molecule has 1 aliphatic rings. The molecule has 1 saturated heterocycles. The number of alkyl halides is 4. The lowest BCUT2D eigenvalue weighted by atomic mass is 10.2. The van der Waals surface area contributed by atoms with E-state index in [0.717, 1.165) is 5.69 Å². The molecule has 0 aliphatic carbocycles. The van der Waals surface area contributed by atoms with Crippen molar-refractivity contribution in [3.8, 4) is 0 Å². The van der Waals surface area contributed by atoms with E-state index in [2.05, 4.69) is 0 Å². The molecule has 3 nitrogen and oxygen atoms in total. The fourth-order valence-corrected chi connectivity index (χ4v) is 2.13. The Bertz CT molecular complexity index is 467. The Labute approximate surface area is 113 Å². The lowest BCUT2D eigenvalue weighted by Gasteiger charge is -2.20. The molecule has 2 rings (SSSR count). The number of rotatable bonds is 4. The summed E-state index contributed by atoms with van der Waals surface area (Å²) in [6.45, 7) is 0.907. The van der Waals surface area contributed by atoms with Crippen molar-refractivity contribution >= 4 is 11.6 Å². The molecule has 1 aromatic rings. The van der Waals surface area contributed by atoms with Crippen LogP contribution in [0.25, 0.3) is 0 Å². The van der Waals surface area contributed by atoms with Crippen LogP contribution in [0.5, 0.6) is 0 Å². The molecular weight excluding hydrogens is 276 g/mol. The minimum absolute atomic E-state index is 0.328. The van der Waals surface area contributed by atoms with Crippen molar-refractivity contribution in [1.82, 2.24) is 5.32 Å². The number of para-hydroxylation sites is 1. The lowest BCUT2D eigenvalue weighted by molar-refractivity contribution is -0.170. The van der Waals surface area contributed by atoms with Gasteiger partial charge in [0, 0.05) is 24.8 Å². The summed E-state index contributed by atoms with van der Waals surface area (Å²) >= 11 is 0. The maximum absolute atomic E-state index is 12.8. The first-order chi connectivity index (χ1) is 9.41. The molecule has 0 radical (unpaired) electrons. The Morgan fingerprint density at radius 3 is 2.55 bits per heavy atom. The fraction of sp³-hybridized carbons (Fsp3) is 0.462. The molecule has 0 spiro atoms. The quantitative estimate of drug-likeness (QED) is 0.863. The summed E-state index contributed by atoms with van der Waals surface area (Å²) in [7, 11) is 0. The lowest BCUT2D eigenvalue weighted by Crippen LogP contribution is -2.49. The highest BCUT2D eigenvalue weighted by molar-refractivity contribution is 5.84. The van der Waals surface area contributed by atoms with E-state index in [-0.39, 0.29) is 0 Å². The van der Waals surface area contributed by atoms with Gasteiger partial charge in [-0.15, -0.1) is 0 Å². The summed E-state index contributed by atoms with van der Waals surface area (Å²) < 4.78 is 49.8. The molecule has 1 aliphatic heterocycles. The second kappa shape index (κ2) is 5.68. The zero-order valence-electron chi connectivity index (χ0n) is 10.5. The highest BCUT2D eigenvalue weighted by atomic mass is 19.3. The maximum atomic E-state index is 12.8. The number of nitrogens with zero attached hydrogens (tertiary/aromatic N) is 1. The Hall–Kier alpha value is -1.79. The summed E-state index contributed by atoms with van der Waals surface area (Å²) in [5.74, 6) is -6.55. The minimum atomic E-state index is -4.64. The monoisotopic (exact) mass is 290 g/mol. The van der Waals surface area contributed by atoms with Crippen LogP contribution in [0.1, 0.15) is 6.42 Å². The van der Waals surface area contributed by atoms with Crippen molar-refractivity contribution in [2.45, 2.75) is 24.8 Å². The molecule has 0 bridgehead atoms. The summed E-state index contributed by atoms with van der Waals surface area (Å²) in [5, 5.41) is 1.99. The Balaban J connectivity index is 1.93. The second-order valence-corrected chi connectivity index (χ2v) is 4.66. The Kier molecular flexibility index (Phi) is 4.15. The van der Waals surface area contributed by atoms with Crippen LogP contribution in [0.2, 0.25) is 0 Å². The summed E-state index contributed by atoms with van der Waals surface area (Å²) in [4.78, 5) is 13.1. The predicted molar refractivity (Wildman–Crippen MR) is 66.2 cm³/mol. The van der Waals surface area contributed by atoms with Gasteiger partial charge >= 0.3 is 12.3 Å². The van der Waals surface area contributed by atoms with Gasteiger partial charge in [0.2, 0.25) is 0 Å². The van der Waals surface area contributed by atoms with E-state index in [0.29, 0.717) is 19.5 Å². The highest BCUT2D eigenvalue weighted by Gasteiger charge is 2.49. The zero-order valence-corrected chi connectivity index (χ0v) is 10.5. The zero-order chi connectivity index (χ0) is 14.8. The second-order valence-electron chi connectivity index (χ2n) is 4.66. The van der Waals surface area contributed by atoms with Crippen LogP contribution in [0, 0.1) is 0 Å². The first-order valence-corrected chi connectivity index (χ1v) is 6.18. The molecule has 1 atom stereocenters. The average Bonchev–Trinajstić information content (AvgIpc) is 2.88. The van der Waals surface area contributed by atoms with E-state index in [1.807, 2.05) is 40.5 Å². The number of benzene rings is 1. The van der Waals surface area contributed by atoms with Gasteiger partial charge in [-0.25, -0.2) is 8.78 Å². The molecule has 1 amide bonds. The number of nitrogens with one attached hydrogen (secondary N) is 1. The third-order valence-electron chi connectivity index (χ3n) is 3.22. The average molecular weight is 290 g/mol. The number of carbonyl (C=O) groups is 1. The molecule has 1 aromatic carbocycles. The van der Waals surface area contributed by atoms with Crippen molar-refractivity contribution in [1.29, 1.82) is 0 Å². The first kappa shape index (κ1) is 14.6. The van der Waals surface area contributed by atoms with Crippen LogP contribution in [0.4, 0.5) is 23.2 Å². The molecule has 1 heterocycles. The van der Waals surface area contributed by atoms with E-state index in [9.17, 15) is 22.4 Å². The minimum Gasteiger partial charge on any atom is -0.369 e.